The number of carboxylic acids is 1. The van der Waals surface area contributed by atoms with Crippen LogP contribution in [0.3, 0.4) is 0 Å². The molecular formula is C12H9Cl2N3O3. The van der Waals surface area contributed by atoms with E-state index in [4.69, 9.17) is 28.3 Å². The summed E-state index contributed by atoms with van der Waals surface area (Å²) in [5, 5.41) is 15.6. The number of anilines is 1. The Balaban J connectivity index is 2.07. The van der Waals surface area contributed by atoms with Crippen molar-refractivity contribution >= 4 is 40.8 Å². The predicted octanol–water partition coefficient (Wildman–Crippen LogP) is 2.53. The third kappa shape index (κ3) is 3.28. The monoisotopic (exact) mass is 313 g/mol. The van der Waals surface area contributed by atoms with E-state index in [9.17, 15) is 9.59 Å². The molecule has 2 N–H and O–H groups in total. The molecule has 1 amide bonds. The van der Waals surface area contributed by atoms with Crippen LogP contribution in [0, 0.1) is 0 Å². The lowest BCUT2D eigenvalue weighted by atomic mass is 10.3. The molecule has 0 fully saturated rings. The topological polar surface area (TPSA) is 84.2 Å². The molecule has 2 aromatic rings. The zero-order valence-electron chi connectivity index (χ0n) is 10.0. The second kappa shape index (κ2) is 5.94. The third-order valence-corrected chi connectivity index (χ3v) is 3.02. The summed E-state index contributed by atoms with van der Waals surface area (Å²) >= 11 is 11.8. The van der Waals surface area contributed by atoms with E-state index < -0.39 is 11.9 Å². The summed E-state index contributed by atoms with van der Waals surface area (Å²) in [5.74, 6) is -1.57. The van der Waals surface area contributed by atoms with Crippen molar-refractivity contribution < 1.29 is 14.7 Å². The number of aromatic nitrogens is 2. The number of amides is 1. The van der Waals surface area contributed by atoms with Crippen LogP contribution in [0.4, 0.5) is 5.69 Å². The molecule has 0 unspecified atom stereocenters. The zero-order chi connectivity index (χ0) is 14.7. The largest absolute Gasteiger partial charge is 0.476 e. The fourth-order valence-corrected chi connectivity index (χ4v) is 2.00. The van der Waals surface area contributed by atoms with Gasteiger partial charge in [-0.3, -0.25) is 9.48 Å². The van der Waals surface area contributed by atoms with E-state index in [0.717, 1.165) is 0 Å². The molecule has 0 radical (unpaired) electrons. The maximum absolute atomic E-state index is 11.8. The molecule has 20 heavy (non-hydrogen) atoms. The van der Waals surface area contributed by atoms with Gasteiger partial charge in [0, 0.05) is 6.20 Å². The number of hydrogen-bond donors (Lipinski definition) is 2. The van der Waals surface area contributed by atoms with Crippen LogP contribution in [-0.4, -0.2) is 26.8 Å². The minimum atomic E-state index is -1.15. The van der Waals surface area contributed by atoms with Gasteiger partial charge in [-0.25, -0.2) is 4.79 Å². The zero-order valence-corrected chi connectivity index (χ0v) is 11.5. The molecule has 0 aliphatic carbocycles. The summed E-state index contributed by atoms with van der Waals surface area (Å²) in [6.45, 7) is -0.144. The molecule has 6 nitrogen and oxygen atoms in total. The number of benzene rings is 1. The van der Waals surface area contributed by atoms with Crippen molar-refractivity contribution in [2.75, 3.05) is 5.32 Å². The highest BCUT2D eigenvalue weighted by molar-refractivity contribution is 6.39. The van der Waals surface area contributed by atoms with E-state index in [-0.39, 0.29) is 12.2 Å². The normalized spacial score (nSPS) is 10.3. The Morgan fingerprint density at radius 3 is 2.45 bits per heavy atom. The summed E-state index contributed by atoms with van der Waals surface area (Å²) in [6.07, 6.45) is 1.40. The molecule has 104 valence electrons. The van der Waals surface area contributed by atoms with E-state index in [2.05, 4.69) is 10.4 Å². The van der Waals surface area contributed by atoms with Gasteiger partial charge in [-0.05, 0) is 18.2 Å². The molecule has 1 aromatic carbocycles. The Hall–Kier alpha value is -2.05. The van der Waals surface area contributed by atoms with Crippen LogP contribution < -0.4 is 5.32 Å². The van der Waals surface area contributed by atoms with E-state index in [1.165, 1.54) is 16.9 Å². The molecule has 0 saturated carbocycles. The number of para-hydroxylation sites is 1. The number of carbonyl (C=O) groups is 2. The highest BCUT2D eigenvalue weighted by atomic mass is 35.5. The van der Waals surface area contributed by atoms with Gasteiger partial charge in [-0.2, -0.15) is 5.10 Å². The molecule has 2 rings (SSSR count). The minimum Gasteiger partial charge on any atom is -0.476 e. The van der Waals surface area contributed by atoms with Gasteiger partial charge in [-0.15, -0.1) is 0 Å². The first-order valence-corrected chi connectivity index (χ1v) is 6.23. The van der Waals surface area contributed by atoms with Crippen molar-refractivity contribution in [2.45, 2.75) is 6.54 Å². The molecule has 0 spiro atoms. The summed E-state index contributed by atoms with van der Waals surface area (Å²) in [7, 11) is 0. The van der Waals surface area contributed by atoms with Gasteiger partial charge in [-0.1, -0.05) is 29.3 Å². The van der Waals surface area contributed by atoms with Crippen LogP contribution in [0.5, 0.6) is 0 Å². The van der Waals surface area contributed by atoms with Gasteiger partial charge < -0.3 is 10.4 Å². The first kappa shape index (κ1) is 14.4. The maximum Gasteiger partial charge on any atom is 0.356 e. The number of aromatic carboxylic acids is 1. The van der Waals surface area contributed by atoms with E-state index in [1.807, 2.05) is 0 Å². The minimum absolute atomic E-state index is 0.131. The van der Waals surface area contributed by atoms with Crippen molar-refractivity contribution in [1.29, 1.82) is 0 Å². The summed E-state index contributed by atoms with van der Waals surface area (Å²) in [4.78, 5) is 22.5. The Kier molecular flexibility index (Phi) is 4.26. The summed E-state index contributed by atoms with van der Waals surface area (Å²) in [6, 6.07) is 6.16. The molecule has 1 heterocycles. The number of rotatable bonds is 4. The van der Waals surface area contributed by atoms with E-state index >= 15 is 0 Å². The van der Waals surface area contributed by atoms with Gasteiger partial charge in [0.1, 0.15) is 6.54 Å². The van der Waals surface area contributed by atoms with Crippen LogP contribution in [-0.2, 0) is 11.3 Å². The van der Waals surface area contributed by atoms with Crippen molar-refractivity contribution in [3.63, 3.8) is 0 Å². The lowest BCUT2D eigenvalue weighted by Gasteiger charge is -2.09. The highest BCUT2D eigenvalue weighted by Gasteiger charge is 2.12. The Bertz CT molecular complexity index is 649. The third-order valence-electron chi connectivity index (χ3n) is 2.39. The molecule has 0 aliphatic heterocycles. The van der Waals surface area contributed by atoms with Crippen molar-refractivity contribution in [3.8, 4) is 0 Å². The fourth-order valence-electron chi connectivity index (χ4n) is 1.51. The Morgan fingerprint density at radius 2 is 1.90 bits per heavy atom. The van der Waals surface area contributed by atoms with Crippen molar-refractivity contribution in [1.82, 2.24) is 9.78 Å². The van der Waals surface area contributed by atoms with Gasteiger partial charge in [0.05, 0.1) is 15.7 Å². The van der Waals surface area contributed by atoms with Crippen molar-refractivity contribution in [3.05, 3.63) is 46.2 Å². The number of carbonyl (C=O) groups excluding carboxylic acids is 1. The lowest BCUT2D eigenvalue weighted by molar-refractivity contribution is -0.116. The number of nitrogens with one attached hydrogen (secondary N) is 1. The molecule has 8 heteroatoms. The Morgan fingerprint density at radius 1 is 1.25 bits per heavy atom. The average molecular weight is 314 g/mol. The van der Waals surface area contributed by atoms with Crippen LogP contribution in [0.1, 0.15) is 10.5 Å². The number of halogens is 2. The van der Waals surface area contributed by atoms with Gasteiger partial charge >= 0.3 is 5.97 Å². The maximum atomic E-state index is 11.8. The smallest absolute Gasteiger partial charge is 0.356 e. The number of nitrogens with zero attached hydrogens (tertiary/aromatic N) is 2. The molecular weight excluding hydrogens is 305 g/mol. The molecule has 1 aromatic heterocycles. The predicted molar refractivity (Wildman–Crippen MR) is 74.3 cm³/mol. The first-order chi connectivity index (χ1) is 9.47. The van der Waals surface area contributed by atoms with Crippen molar-refractivity contribution in [2.24, 2.45) is 0 Å². The molecule has 0 atom stereocenters. The fraction of sp³-hybridized carbons (Fsp3) is 0.0833. The summed E-state index contributed by atoms with van der Waals surface area (Å²) in [5.41, 5.74) is 0.181. The van der Waals surface area contributed by atoms with Crippen LogP contribution in [0.25, 0.3) is 0 Å². The quantitative estimate of drug-likeness (QED) is 0.908. The average Bonchev–Trinajstić information content (AvgIpc) is 2.82. The van der Waals surface area contributed by atoms with Crippen LogP contribution >= 0.6 is 23.2 Å². The summed E-state index contributed by atoms with van der Waals surface area (Å²) < 4.78 is 1.21. The van der Waals surface area contributed by atoms with Gasteiger partial charge in [0.25, 0.3) is 0 Å². The molecule has 0 saturated heterocycles. The number of hydrogen-bond acceptors (Lipinski definition) is 3. The highest BCUT2D eigenvalue weighted by Crippen LogP contribution is 2.29. The first-order valence-electron chi connectivity index (χ1n) is 5.48. The van der Waals surface area contributed by atoms with Crippen LogP contribution in [0.2, 0.25) is 10.0 Å². The molecule has 0 bridgehead atoms. The second-order valence-electron chi connectivity index (χ2n) is 3.85. The van der Waals surface area contributed by atoms with Crippen LogP contribution in [0.15, 0.2) is 30.5 Å². The van der Waals surface area contributed by atoms with Gasteiger partial charge in [0.15, 0.2) is 5.69 Å². The van der Waals surface area contributed by atoms with E-state index in [0.29, 0.717) is 15.7 Å². The lowest BCUT2D eigenvalue weighted by Crippen LogP contribution is -2.19. The van der Waals surface area contributed by atoms with Gasteiger partial charge in [0.2, 0.25) is 5.91 Å². The number of carboxylic acid groups (broad SMARTS) is 1. The SMILES string of the molecule is O=C(Cn1ccc(C(=O)O)n1)Nc1c(Cl)cccc1Cl. The van der Waals surface area contributed by atoms with E-state index in [1.54, 1.807) is 18.2 Å². The standard InChI is InChI=1S/C12H9Cl2N3O3/c13-7-2-1-3-8(14)11(7)15-10(18)6-17-5-4-9(16-17)12(19)20/h1-5H,6H2,(H,15,18)(H,19,20). The molecule has 0 aliphatic rings. The Labute approximate surface area is 123 Å². The second-order valence-corrected chi connectivity index (χ2v) is 4.66.